The van der Waals surface area contributed by atoms with E-state index in [0.717, 1.165) is 11.6 Å². The van der Waals surface area contributed by atoms with Gasteiger partial charge < -0.3 is 4.57 Å². The van der Waals surface area contributed by atoms with Crippen molar-refractivity contribution in [2.24, 2.45) is 5.92 Å². The van der Waals surface area contributed by atoms with Crippen LogP contribution in [0.4, 0.5) is 20.2 Å². The number of aromatic nitrogens is 2. The van der Waals surface area contributed by atoms with E-state index in [4.69, 9.17) is 4.98 Å². The van der Waals surface area contributed by atoms with Crippen molar-refractivity contribution in [3.8, 4) is 28.7 Å². The van der Waals surface area contributed by atoms with Crippen LogP contribution >= 0.6 is 0 Å². The number of imidazole rings is 1. The molecule has 0 aliphatic heterocycles. The molecular formula is C29H27F2N5O2. The van der Waals surface area contributed by atoms with Crippen LogP contribution in [0.5, 0.6) is 0 Å². The van der Waals surface area contributed by atoms with Crippen molar-refractivity contribution in [2.75, 3.05) is 4.90 Å². The molecule has 4 aromatic rings. The molecule has 0 amide bonds. The molecule has 0 bridgehead atoms. The second-order valence-electron chi connectivity index (χ2n) is 9.47. The summed E-state index contributed by atoms with van der Waals surface area (Å²) < 4.78 is 30.8. The van der Waals surface area contributed by atoms with Crippen LogP contribution in [0, 0.1) is 46.0 Å². The number of hydrogen-bond donors (Lipinski definition) is 0. The topological polar surface area (TPSA) is 88.0 Å². The molecule has 0 saturated heterocycles. The first-order valence-corrected chi connectivity index (χ1v) is 12.2. The van der Waals surface area contributed by atoms with Gasteiger partial charge in [0.05, 0.1) is 16.3 Å². The highest BCUT2D eigenvalue weighted by atomic mass is 19.1. The number of aryl methyl sites for hydroxylation is 1. The van der Waals surface area contributed by atoms with Gasteiger partial charge in [-0.05, 0) is 49.6 Å². The standard InChI is InChI=1S/C29H27F2N5O2/c1-18(2)19(3)35(17-32)27-14-22(10-13-26(27)36(37)38)28-29(24-12-11-23(30)15-25(24)31)34(20(4)33-28)16-21-8-6-5-7-9-21/h5-15,18-19H,16H2,1-4H3. The van der Waals surface area contributed by atoms with E-state index >= 15 is 4.39 Å². The second-order valence-corrected chi connectivity index (χ2v) is 9.47. The number of anilines is 1. The third kappa shape index (κ3) is 5.11. The van der Waals surface area contributed by atoms with Crippen molar-refractivity contribution in [1.29, 1.82) is 5.26 Å². The summed E-state index contributed by atoms with van der Waals surface area (Å²) in [7, 11) is 0. The number of nitriles is 1. The maximum atomic E-state index is 15.2. The second kappa shape index (κ2) is 10.8. The first kappa shape index (κ1) is 26.5. The lowest BCUT2D eigenvalue weighted by Crippen LogP contribution is -2.33. The first-order chi connectivity index (χ1) is 18.1. The average Bonchev–Trinajstić information content (AvgIpc) is 3.20. The summed E-state index contributed by atoms with van der Waals surface area (Å²) in [6.07, 6.45) is 2.09. The Morgan fingerprint density at radius 2 is 1.79 bits per heavy atom. The van der Waals surface area contributed by atoms with Crippen LogP contribution in [-0.2, 0) is 6.54 Å². The molecule has 7 nitrogen and oxygen atoms in total. The number of rotatable bonds is 8. The first-order valence-electron chi connectivity index (χ1n) is 12.2. The lowest BCUT2D eigenvalue weighted by atomic mass is 10.0. The minimum absolute atomic E-state index is 0.0362. The summed E-state index contributed by atoms with van der Waals surface area (Å²) in [4.78, 5) is 17.4. The molecule has 1 aromatic heterocycles. The van der Waals surface area contributed by atoms with Gasteiger partial charge >= 0.3 is 0 Å². The van der Waals surface area contributed by atoms with Gasteiger partial charge in [0.25, 0.3) is 5.69 Å². The maximum Gasteiger partial charge on any atom is 0.293 e. The summed E-state index contributed by atoms with van der Waals surface area (Å²) in [6, 6.07) is 17.0. The number of hydrogen-bond acceptors (Lipinski definition) is 5. The molecule has 0 saturated carbocycles. The molecule has 3 aromatic carbocycles. The van der Waals surface area contributed by atoms with Crippen LogP contribution in [0.1, 0.15) is 32.2 Å². The summed E-state index contributed by atoms with van der Waals surface area (Å²) in [6.45, 7) is 7.83. The van der Waals surface area contributed by atoms with E-state index in [-0.39, 0.29) is 28.9 Å². The molecule has 0 aliphatic rings. The fourth-order valence-corrected chi connectivity index (χ4v) is 4.36. The smallest absolute Gasteiger partial charge is 0.293 e. The zero-order chi connectivity index (χ0) is 27.6. The molecule has 0 N–H and O–H groups in total. The Morgan fingerprint density at radius 1 is 1.08 bits per heavy atom. The van der Waals surface area contributed by atoms with Crippen molar-refractivity contribution in [3.63, 3.8) is 0 Å². The van der Waals surface area contributed by atoms with Crippen LogP contribution in [0.15, 0.2) is 66.7 Å². The molecule has 0 fully saturated rings. The van der Waals surface area contributed by atoms with Gasteiger partial charge in [-0.3, -0.25) is 15.0 Å². The minimum Gasteiger partial charge on any atom is -0.323 e. The Hall–Kier alpha value is -4.58. The highest BCUT2D eigenvalue weighted by Crippen LogP contribution is 2.39. The van der Waals surface area contributed by atoms with E-state index < -0.39 is 16.6 Å². The predicted molar refractivity (Wildman–Crippen MR) is 142 cm³/mol. The van der Waals surface area contributed by atoms with E-state index in [2.05, 4.69) is 6.19 Å². The Kier molecular flexibility index (Phi) is 7.53. The number of nitrogens with zero attached hydrogens (tertiary/aromatic N) is 5. The molecular weight excluding hydrogens is 488 g/mol. The third-order valence-corrected chi connectivity index (χ3v) is 6.71. The molecule has 194 valence electrons. The quantitative estimate of drug-likeness (QED) is 0.108. The third-order valence-electron chi connectivity index (χ3n) is 6.71. The Balaban J connectivity index is 1.98. The largest absolute Gasteiger partial charge is 0.323 e. The highest BCUT2D eigenvalue weighted by Gasteiger charge is 2.28. The number of benzene rings is 3. The average molecular weight is 516 g/mol. The van der Waals surface area contributed by atoms with Crippen molar-refractivity contribution in [3.05, 3.63) is 99.9 Å². The summed E-state index contributed by atoms with van der Waals surface area (Å²) in [5.74, 6) is -0.845. The lowest BCUT2D eigenvalue weighted by Gasteiger charge is -2.26. The number of nitro benzene ring substituents is 1. The Morgan fingerprint density at radius 3 is 2.39 bits per heavy atom. The van der Waals surface area contributed by atoms with Gasteiger partial charge in [0, 0.05) is 35.8 Å². The van der Waals surface area contributed by atoms with Gasteiger partial charge in [0.15, 0.2) is 6.19 Å². The molecule has 0 aliphatic carbocycles. The van der Waals surface area contributed by atoms with Crippen molar-refractivity contribution in [1.82, 2.24) is 9.55 Å². The molecule has 9 heteroatoms. The van der Waals surface area contributed by atoms with E-state index in [0.29, 0.717) is 29.3 Å². The van der Waals surface area contributed by atoms with Crippen LogP contribution in [0.2, 0.25) is 0 Å². The van der Waals surface area contributed by atoms with Gasteiger partial charge in [-0.2, -0.15) is 5.26 Å². The molecule has 38 heavy (non-hydrogen) atoms. The molecule has 1 heterocycles. The highest BCUT2D eigenvalue weighted by molar-refractivity contribution is 5.83. The molecule has 4 rings (SSSR count). The summed E-state index contributed by atoms with van der Waals surface area (Å²) >= 11 is 0. The SMILES string of the molecule is Cc1nc(-c2ccc([N+](=O)[O-])c(N(C#N)C(C)C(C)C)c2)c(-c2ccc(F)cc2F)n1Cc1ccccc1. The fraction of sp³-hybridized carbons (Fsp3) is 0.241. The van der Waals surface area contributed by atoms with Gasteiger partial charge in [-0.25, -0.2) is 13.8 Å². The van der Waals surface area contributed by atoms with Crippen molar-refractivity contribution in [2.45, 2.75) is 40.3 Å². The maximum absolute atomic E-state index is 15.2. The summed E-state index contributed by atoms with van der Waals surface area (Å²) in [5, 5.41) is 21.8. The predicted octanol–water partition coefficient (Wildman–Crippen LogP) is 7.09. The molecule has 0 radical (unpaired) electrons. The molecule has 1 unspecified atom stereocenters. The lowest BCUT2D eigenvalue weighted by molar-refractivity contribution is -0.384. The fourth-order valence-electron chi connectivity index (χ4n) is 4.36. The molecule has 1 atom stereocenters. The van der Waals surface area contributed by atoms with Crippen molar-refractivity contribution >= 4 is 11.4 Å². The Labute approximate surface area is 219 Å². The van der Waals surface area contributed by atoms with E-state index in [1.807, 2.05) is 55.7 Å². The monoisotopic (exact) mass is 515 g/mol. The van der Waals surface area contributed by atoms with Gasteiger partial charge in [-0.1, -0.05) is 44.2 Å². The van der Waals surface area contributed by atoms with Crippen molar-refractivity contribution < 1.29 is 13.7 Å². The Bertz CT molecular complexity index is 1530. The zero-order valence-corrected chi connectivity index (χ0v) is 21.5. The normalized spacial score (nSPS) is 11.8. The van der Waals surface area contributed by atoms with E-state index in [1.165, 1.54) is 29.2 Å². The van der Waals surface area contributed by atoms with Crippen LogP contribution in [0.3, 0.4) is 0 Å². The van der Waals surface area contributed by atoms with Crippen LogP contribution < -0.4 is 4.90 Å². The van der Waals surface area contributed by atoms with Gasteiger partial charge in [0.2, 0.25) is 0 Å². The van der Waals surface area contributed by atoms with E-state index in [1.54, 1.807) is 13.0 Å². The number of nitro groups is 1. The van der Waals surface area contributed by atoms with Gasteiger partial charge in [-0.15, -0.1) is 0 Å². The van der Waals surface area contributed by atoms with Crippen LogP contribution in [-0.4, -0.2) is 20.5 Å². The van der Waals surface area contributed by atoms with Crippen LogP contribution in [0.25, 0.3) is 22.5 Å². The van der Waals surface area contributed by atoms with Gasteiger partial charge in [0.1, 0.15) is 23.1 Å². The number of halogens is 2. The minimum atomic E-state index is -0.755. The zero-order valence-electron chi connectivity index (χ0n) is 21.5. The van der Waals surface area contributed by atoms with E-state index in [9.17, 15) is 19.8 Å². The summed E-state index contributed by atoms with van der Waals surface area (Å²) in [5.41, 5.74) is 2.24. The molecule has 0 spiro atoms.